The maximum Gasteiger partial charge on any atom is 0.222 e. The lowest BCUT2D eigenvalue weighted by molar-refractivity contribution is 0.471. The number of aryl methyl sites for hydroxylation is 1. The van der Waals surface area contributed by atoms with Crippen LogP contribution in [-0.4, -0.2) is 24.9 Å². The van der Waals surface area contributed by atoms with Crippen LogP contribution in [0.15, 0.2) is 24.4 Å². The lowest BCUT2D eigenvalue weighted by Gasteiger charge is -2.02. The van der Waals surface area contributed by atoms with Crippen LogP contribution in [0.3, 0.4) is 0 Å². The summed E-state index contributed by atoms with van der Waals surface area (Å²) in [7, 11) is 1.66. The number of hydrogen-bond donors (Lipinski definition) is 2. The summed E-state index contributed by atoms with van der Waals surface area (Å²) in [5.74, 6) is -0.631. The number of nitrogens with zero attached hydrogens (tertiary/aromatic N) is 4. The van der Waals surface area contributed by atoms with Crippen molar-refractivity contribution in [3.05, 3.63) is 30.2 Å². The van der Waals surface area contributed by atoms with Crippen LogP contribution in [0.1, 0.15) is 0 Å². The summed E-state index contributed by atoms with van der Waals surface area (Å²) < 4.78 is 15.3. The summed E-state index contributed by atoms with van der Waals surface area (Å²) in [4.78, 5) is 7.92. The van der Waals surface area contributed by atoms with Crippen molar-refractivity contribution in [1.82, 2.24) is 19.7 Å². The molecule has 2 aromatic heterocycles. The number of nitrogen functional groups attached to an aromatic ring is 1. The third-order valence-corrected chi connectivity index (χ3v) is 2.83. The molecule has 3 rings (SSSR count). The molecule has 0 fully saturated rings. The van der Waals surface area contributed by atoms with E-state index in [9.17, 15) is 9.50 Å². The van der Waals surface area contributed by atoms with Crippen molar-refractivity contribution in [2.75, 3.05) is 5.73 Å². The molecule has 0 saturated carbocycles. The Morgan fingerprint density at radius 2 is 2.16 bits per heavy atom. The van der Waals surface area contributed by atoms with Crippen molar-refractivity contribution >= 4 is 17.0 Å². The maximum absolute atomic E-state index is 13.9. The number of nitrogens with two attached hydrogens (primary N) is 1. The van der Waals surface area contributed by atoms with Gasteiger partial charge in [-0.1, -0.05) is 6.07 Å². The third-order valence-electron chi connectivity index (χ3n) is 2.83. The molecule has 7 heteroatoms. The summed E-state index contributed by atoms with van der Waals surface area (Å²) >= 11 is 0. The number of phenolic OH excluding ortho intramolecular Hbond substituents is 1. The summed E-state index contributed by atoms with van der Waals surface area (Å²) in [5.41, 5.74) is 6.31. The second-order valence-corrected chi connectivity index (χ2v) is 4.07. The Hall–Kier alpha value is -2.70. The molecule has 0 radical (unpaired) electrons. The molecule has 2 heterocycles. The highest BCUT2D eigenvalue weighted by Gasteiger charge is 2.18. The van der Waals surface area contributed by atoms with Gasteiger partial charge in [0, 0.05) is 13.2 Å². The molecular formula is C12H10FN5O. The lowest BCUT2D eigenvalue weighted by Crippen LogP contribution is -1.97. The van der Waals surface area contributed by atoms with Gasteiger partial charge in [0.05, 0.1) is 10.9 Å². The number of fused-ring (bicyclic) bond motifs is 1. The highest BCUT2D eigenvalue weighted by atomic mass is 19.1. The van der Waals surface area contributed by atoms with E-state index in [1.807, 2.05) is 0 Å². The predicted molar refractivity (Wildman–Crippen MR) is 67.8 cm³/mol. The Balaban J connectivity index is 2.38. The Bertz CT molecular complexity index is 763. The number of hydrogen-bond acceptors (Lipinski definition) is 5. The van der Waals surface area contributed by atoms with Gasteiger partial charge in [-0.05, 0) is 12.1 Å². The second kappa shape index (κ2) is 3.91. The first kappa shape index (κ1) is 11.4. The van der Waals surface area contributed by atoms with Gasteiger partial charge in [-0.2, -0.15) is 10.1 Å². The fourth-order valence-corrected chi connectivity index (χ4v) is 1.98. The van der Waals surface area contributed by atoms with Crippen molar-refractivity contribution in [2.45, 2.75) is 0 Å². The molecule has 0 spiro atoms. The van der Waals surface area contributed by atoms with Gasteiger partial charge in [0.25, 0.3) is 0 Å². The van der Waals surface area contributed by atoms with E-state index >= 15 is 0 Å². The fraction of sp³-hybridized carbons (Fsp3) is 0.0833. The van der Waals surface area contributed by atoms with E-state index in [1.165, 1.54) is 29.1 Å². The van der Waals surface area contributed by atoms with Crippen LogP contribution in [0.2, 0.25) is 0 Å². The zero-order valence-corrected chi connectivity index (χ0v) is 10.0. The minimum Gasteiger partial charge on any atom is -0.507 e. The van der Waals surface area contributed by atoms with Crippen molar-refractivity contribution < 1.29 is 9.50 Å². The third kappa shape index (κ3) is 1.67. The number of phenols is 1. The van der Waals surface area contributed by atoms with Crippen LogP contribution in [0.4, 0.5) is 10.3 Å². The molecule has 0 atom stereocenters. The minimum absolute atomic E-state index is 0.0291. The van der Waals surface area contributed by atoms with E-state index in [0.29, 0.717) is 11.0 Å². The van der Waals surface area contributed by atoms with E-state index < -0.39 is 5.82 Å². The van der Waals surface area contributed by atoms with Crippen molar-refractivity contribution in [2.24, 2.45) is 7.05 Å². The van der Waals surface area contributed by atoms with Gasteiger partial charge in [-0.3, -0.25) is 0 Å². The molecule has 0 aliphatic heterocycles. The van der Waals surface area contributed by atoms with Crippen LogP contribution in [0.5, 0.6) is 5.75 Å². The zero-order chi connectivity index (χ0) is 13.6. The van der Waals surface area contributed by atoms with Crippen molar-refractivity contribution in [1.29, 1.82) is 0 Å². The van der Waals surface area contributed by atoms with Gasteiger partial charge in [-0.15, -0.1) is 0 Å². The molecule has 96 valence electrons. The minimum atomic E-state index is -0.558. The van der Waals surface area contributed by atoms with Crippen LogP contribution in [-0.2, 0) is 7.05 Å². The molecule has 19 heavy (non-hydrogen) atoms. The first-order valence-corrected chi connectivity index (χ1v) is 5.51. The lowest BCUT2D eigenvalue weighted by atomic mass is 10.1. The van der Waals surface area contributed by atoms with Gasteiger partial charge in [0.2, 0.25) is 5.95 Å². The summed E-state index contributed by atoms with van der Waals surface area (Å²) in [6, 6.07) is 4.08. The first-order chi connectivity index (χ1) is 9.08. The molecule has 0 saturated heterocycles. The highest BCUT2D eigenvalue weighted by Crippen LogP contribution is 2.34. The quantitative estimate of drug-likeness (QED) is 0.690. The fourth-order valence-electron chi connectivity index (χ4n) is 1.98. The van der Waals surface area contributed by atoms with Crippen LogP contribution < -0.4 is 5.73 Å². The molecular weight excluding hydrogens is 249 g/mol. The largest absolute Gasteiger partial charge is 0.507 e. The standard InChI is InChI=1S/C12H10FN5O/c1-18-11-6(5-15-12(14)16-11)10(17-18)9-7(13)3-2-4-8(9)19/h2-5,19H,1H3,(H2,14,15,16). The normalized spacial score (nSPS) is 11.1. The molecule has 0 aliphatic carbocycles. The average Bonchev–Trinajstić information content (AvgIpc) is 2.66. The molecule has 3 aromatic rings. The number of benzene rings is 1. The van der Waals surface area contributed by atoms with Crippen molar-refractivity contribution in [3.63, 3.8) is 0 Å². The SMILES string of the molecule is Cn1nc(-c2c(O)cccc2F)c2cnc(N)nc21. The average molecular weight is 259 g/mol. The topological polar surface area (TPSA) is 89.8 Å². The highest BCUT2D eigenvalue weighted by molar-refractivity contribution is 5.92. The molecule has 1 aromatic carbocycles. The van der Waals surface area contributed by atoms with Gasteiger partial charge in [-0.25, -0.2) is 14.1 Å². The van der Waals surface area contributed by atoms with Crippen LogP contribution in [0, 0.1) is 5.82 Å². The Kier molecular flexibility index (Phi) is 2.34. The van der Waals surface area contributed by atoms with Gasteiger partial charge in [0.15, 0.2) is 5.65 Å². The Labute approximate surface area is 107 Å². The Morgan fingerprint density at radius 1 is 1.37 bits per heavy atom. The number of rotatable bonds is 1. The molecule has 0 bridgehead atoms. The van der Waals surface area contributed by atoms with Gasteiger partial charge in [0.1, 0.15) is 17.3 Å². The molecule has 3 N–H and O–H groups in total. The number of anilines is 1. The summed E-state index contributed by atoms with van der Waals surface area (Å²) in [6.45, 7) is 0. The van der Waals surface area contributed by atoms with E-state index in [-0.39, 0.29) is 23.0 Å². The molecule has 0 aliphatic rings. The van der Waals surface area contributed by atoms with Crippen molar-refractivity contribution in [3.8, 4) is 17.0 Å². The second-order valence-electron chi connectivity index (χ2n) is 4.07. The molecule has 0 amide bonds. The van der Waals surface area contributed by atoms with Gasteiger partial charge >= 0.3 is 0 Å². The van der Waals surface area contributed by atoms with E-state index in [2.05, 4.69) is 15.1 Å². The zero-order valence-electron chi connectivity index (χ0n) is 10.0. The van der Waals surface area contributed by atoms with E-state index in [0.717, 1.165) is 0 Å². The summed E-state index contributed by atoms with van der Waals surface area (Å²) in [5, 5.41) is 14.5. The van der Waals surface area contributed by atoms with Gasteiger partial charge < -0.3 is 10.8 Å². The monoisotopic (exact) mass is 259 g/mol. The number of aromatic hydroxyl groups is 1. The summed E-state index contributed by atoms with van der Waals surface area (Å²) in [6.07, 6.45) is 1.46. The van der Waals surface area contributed by atoms with Crippen LogP contribution >= 0.6 is 0 Å². The maximum atomic E-state index is 13.9. The van der Waals surface area contributed by atoms with Crippen LogP contribution in [0.25, 0.3) is 22.3 Å². The molecule has 0 unspecified atom stereocenters. The van der Waals surface area contributed by atoms with E-state index in [4.69, 9.17) is 5.73 Å². The molecule has 6 nitrogen and oxygen atoms in total. The van der Waals surface area contributed by atoms with E-state index in [1.54, 1.807) is 7.05 Å². The smallest absolute Gasteiger partial charge is 0.222 e. The first-order valence-electron chi connectivity index (χ1n) is 5.51. The Morgan fingerprint density at radius 3 is 2.89 bits per heavy atom. The predicted octanol–water partition coefficient (Wildman–Crippen LogP) is 1.46. The number of halogens is 1. The number of aromatic nitrogens is 4.